The number of thiazole rings is 1. The number of carbonyl (C=O) groups excluding carboxylic acids is 1. The molecule has 1 aromatic carbocycles. The number of hydrogen-bond acceptors (Lipinski definition) is 6. The number of aryl methyl sites for hydroxylation is 1. The number of rotatable bonds is 6. The quantitative estimate of drug-likeness (QED) is 0.616. The van der Waals surface area contributed by atoms with Crippen molar-refractivity contribution in [2.24, 2.45) is 0 Å². The van der Waals surface area contributed by atoms with Gasteiger partial charge in [-0.2, -0.15) is 0 Å². The minimum atomic E-state index is -0.581. The molecule has 3 heterocycles. The van der Waals surface area contributed by atoms with Crippen LogP contribution in [0.2, 0.25) is 0 Å². The Morgan fingerprint density at radius 3 is 2.59 bits per heavy atom. The molecule has 0 aliphatic carbocycles. The molecule has 0 unspecified atom stereocenters. The molecule has 2 aromatic heterocycles. The first-order valence-corrected chi connectivity index (χ1v) is 11.5. The van der Waals surface area contributed by atoms with Gasteiger partial charge in [0.25, 0.3) is 5.91 Å². The van der Waals surface area contributed by atoms with Crippen LogP contribution in [0.4, 0.5) is 0 Å². The molecule has 1 aliphatic rings. The predicted molar refractivity (Wildman–Crippen MR) is 125 cm³/mol. The normalized spacial score (nSPS) is 18.1. The lowest BCUT2D eigenvalue weighted by Gasteiger charge is -2.41. The Hall–Kier alpha value is -2.97. The number of fused-ring (bicyclic) bond motifs is 1. The van der Waals surface area contributed by atoms with Gasteiger partial charge >= 0.3 is 0 Å². The van der Waals surface area contributed by atoms with Gasteiger partial charge in [-0.25, -0.2) is 4.98 Å². The molecule has 8 heteroatoms. The van der Waals surface area contributed by atoms with Gasteiger partial charge < -0.3 is 19.3 Å². The topological polar surface area (TPSA) is 84.7 Å². The van der Waals surface area contributed by atoms with Crippen LogP contribution in [0.3, 0.4) is 0 Å². The van der Waals surface area contributed by atoms with Crippen molar-refractivity contribution in [1.82, 2.24) is 14.5 Å². The summed E-state index contributed by atoms with van der Waals surface area (Å²) in [7, 11) is 1.60. The van der Waals surface area contributed by atoms with Gasteiger partial charge in [0.05, 0.1) is 24.3 Å². The zero-order valence-electron chi connectivity index (χ0n) is 18.7. The van der Waals surface area contributed by atoms with Crippen LogP contribution in [0.15, 0.2) is 41.5 Å². The summed E-state index contributed by atoms with van der Waals surface area (Å²) in [5.74, 6) is -0.887. The van der Waals surface area contributed by atoms with Gasteiger partial charge in [0, 0.05) is 37.3 Å². The molecule has 7 nitrogen and oxygen atoms in total. The molecule has 0 bridgehead atoms. The van der Waals surface area contributed by atoms with Crippen LogP contribution in [-0.2, 0) is 11.2 Å². The Bertz CT molecular complexity index is 1200. The van der Waals surface area contributed by atoms with Crippen molar-refractivity contribution in [2.75, 3.05) is 20.3 Å². The summed E-state index contributed by atoms with van der Waals surface area (Å²) < 4.78 is 7.09. The Morgan fingerprint density at radius 2 is 1.94 bits per heavy atom. The zero-order chi connectivity index (χ0) is 23.0. The number of aromatic hydroxyl groups is 1. The number of hydrogen-bond donors (Lipinski definition) is 1. The summed E-state index contributed by atoms with van der Waals surface area (Å²) in [5.41, 5.74) is 2.08. The number of benzene rings is 1. The van der Waals surface area contributed by atoms with E-state index in [9.17, 15) is 14.7 Å². The van der Waals surface area contributed by atoms with Crippen LogP contribution >= 0.6 is 11.3 Å². The molecule has 0 radical (unpaired) electrons. The number of amides is 1. The van der Waals surface area contributed by atoms with E-state index < -0.39 is 11.2 Å². The van der Waals surface area contributed by atoms with Crippen LogP contribution in [0.5, 0.6) is 5.75 Å². The van der Waals surface area contributed by atoms with Crippen molar-refractivity contribution < 1.29 is 14.6 Å². The molecule has 4 rings (SSSR count). The number of pyridine rings is 1. The van der Waals surface area contributed by atoms with Crippen molar-refractivity contribution >= 4 is 17.2 Å². The van der Waals surface area contributed by atoms with Crippen molar-refractivity contribution in [2.45, 2.75) is 39.3 Å². The summed E-state index contributed by atoms with van der Waals surface area (Å²) in [6.45, 7) is 6.70. The number of likely N-dealkylation sites (N-methyl/N-ethyl adjacent to an activating group) is 1. The minimum Gasteiger partial charge on any atom is -0.503 e. The number of nitrogens with zero attached hydrogens (tertiary/aromatic N) is 3. The summed E-state index contributed by atoms with van der Waals surface area (Å²) in [6, 6.07) is 7.91. The average Bonchev–Trinajstić information content (AvgIpc) is 3.23. The van der Waals surface area contributed by atoms with Gasteiger partial charge in [-0.1, -0.05) is 29.8 Å². The van der Waals surface area contributed by atoms with E-state index in [0.29, 0.717) is 24.6 Å². The lowest BCUT2D eigenvalue weighted by molar-refractivity contribution is 0.0420. The maximum absolute atomic E-state index is 13.0. The first-order chi connectivity index (χ1) is 15.3. The van der Waals surface area contributed by atoms with Crippen LogP contribution < -0.4 is 5.43 Å². The largest absolute Gasteiger partial charge is 0.503 e. The summed E-state index contributed by atoms with van der Waals surface area (Å²) in [4.78, 5) is 33.2. The van der Waals surface area contributed by atoms with E-state index in [2.05, 4.69) is 29.2 Å². The maximum atomic E-state index is 13.0. The van der Waals surface area contributed by atoms with Gasteiger partial charge in [0.2, 0.25) is 5.43 Å². The van der Waals surface area contributed by atoms with Gasteiger partial charge in [0.1, 0.15) is 5.01 Å². The van der Waals surface area contributed by atoms with E-state index in [1.807, 2.05) is 20.8 Å². The lowest BCUT2D eigenvalue weighted by Crippen LogP contribution is -2.51. The third-order valence-electron chi connectivity index (χ3n) is 6.04. The van der Waals surface area contributed by atoms with Crippen molar-refractivity contribution in [3.05, 3.63) is 68.6 Å². The Labute approximate surface area is 190 Å². The molecule has 2 atom stereocenters. The van der Waals surface area contributed by atoms with Gasteiger partial charge in [0.15, 0.2) is 11.4 Å². The third kappa shape index (κ3) is 3.84. The molecule has 32 heavy (non-hydrogen) atoms. The number of methoxy groups -OCH3 is 1. The molecule has 168 valence electrons. The minimum absolute atomic E-state index is 0.0113. The molecule has 1 N–H and O–H groups in total. The number of aromatic nitrogens is 2. The highest BCUT2D eigenvalue weighted by Gasteiger charge is 2.39. The fourth-order valence-corrected chi connectivity index (χ4v) is 5.20. The highest BCUT2D eigenvalue weighted by molar-refractivity contribution is 7.15. The molecule has 1 amide bonds. The first-order valence-electron chi connectivity index (χ1n) is 10.6. The molecule has 3 aromatic rings. The Morgan fingerprint density at radius 1 is 1.22 bits per heavy atom. The van der Waals surface area contributed by atoms with E-state index in [1.165, 1.54) is 16.9 Å². The Kier molecular flexibility index (Phi) is 6.17. The van der Waals surface area contributed by atoms with Crippen LogP contribution in [-0.4, -0.2) is 51.8 Å². The number of carbonyl (C=O) groups is 1. The molecular formula is C24H27N3O4S. The standard InChI is InChI=1S/C24H27N3O4S/c1-5-26-15(3)19(13-31-4)27-12-18(21(28)22(29)20(27)24(26)30)23-25-11-17(32-23)10-16-8-6-14(2)7-9-16/h6-9,11-12,15,19,29H,5,10,13H2,1-4H3/t15-,19-/m0/s1. The fraction of sp³-hybridized carbons (Fsp3) is 0.375. The van der Waals surface area contributed by atoms with Crippen LogP contribution in [0.1, 0.15) is 46.4 Å². The monoisotopic (exact) mass is 453 g/mol. The average molecular weight is 454 g/mol. The maximum Gasteiger partial charge on any atom is 0.274 e. The molecule has 0 saturated heterocycles. The number of ether oxygens (including phenoxy) is 1. The van der Waals surface area contributed by atoms with Crippen LogP contribution in [0.25, 0.3) is 10.6 Å². The lowest BCUT2D eigenvalue weighted by atomic mass is 10.0. The zero-order valence-corrected chi connectivity index (χ0v) is 19.5. The summed E-state index contributed by atoms with van der Waals surface area (Å²) >= 11 is 1.42. The first kappa shape index (κ1) is 22.2. The molecular weight excluding hydrogens is 426 g/mol. The molecule has 0 spiro atoms. The predicted octanol–water partition coefficient (Wildman–Crippen LogP) is 3.63. The van der Waals surface area contributed by atoms with E-state index in [0.717, 1.165) is 10.4 Å². The summed E-state index contributed by atoms with van der Waals surface area (Å²) in [6.07, 6.45) is 4.13. The highest BCUT2D eigenvalue weighted by Crippen LogP contribution is 2.34. The highest BCUT2D eigenvalue weighted by atomic mass is 32.1. The van der Waals surface area contributed by atoms with E-state index in [1.54, 1.807) is 29.0 Å². The van der Waals surface area contributed by atoms with Crippen molar-refractivity contribution in [3.8, 4) is 16.3 Å². The second-order valence-electron chi connectivity index (χ2n) is 8.12. The van der Waals surface area contributed by atoms with Crippen LogP contribution in [0, 0.1) is 6.92 Å². The fourth-order valence-electron chi connectivity index (χ4n) is 4.25. The second-order valence-corrected chi connectivity index (χ2v) is 9.24. The van der Waals surface area contributed by atoms with E-state index in [-0.39, 0.29) is 29.2 Å². The van der Waals surface area contributed by atoms with E-state index >= 15 is 0 Å². The Balaban J connectivity index is 1.76. The smallest absolute Gasteiger partial charge is 0.274 e. The van der Waals surface area contributed by atoms with Crippen molar-refractivity contribution in [1.29, 1.82) is 0 Å². The molecule has 1 aliphatic heterocycles. The van der Waals surface area contributed by atoms with E-state index in [4.69, 9.17) is 4.74 Å². The molecule has 0 saturated carbocycles. The van der Waals surface area contributed by atoms with Gasteiger partial charge in [-0.3, -0.25) is 9.59 Å². The third-order valence-corrected chi connectivity index (χ3v) is 7.07. The van der Waals surface area contributed by atoms with Gasteiger partial charge in [-0.05, 0) is 26.3 Å². The molecule has 0 fully saturated rings. The SMILES string of the molecule is CCN1C(=O)c2c(O)c(=O)c(-c3ncc(Cc4ccc(C)cc4)s3)cn2[C@@H](COC)[C@@H]1C. The van der Waals surface area contributed by atoms with Crippen molar-refractivity contribution in [3.63, 3.8) is 0 Å². The van der Waals surface area contributed by atoms with Gasteiger partial charge in [-0.15, -0.1) is 11.3 Å². The second kappa shape index (κ2) is 8.88. The summed E-state index contributed by atoms with van der Waals surface area (Å²) in [5, 5.41) is 11.3.